The lowest BCUT2D eigenvalue weighted by Crippen LogP contribution is -2.13. The van der Waals surface area contributed by atoms with Crippen LogP contribution in [0.4, 0.5) is 17.1 Å². The molecule has 0 aromatic heterocycles. The van der Waals surface area contributed by atoms with E-state index in [1.165, 1.54) is 0 Å². The summed E-state index contributed by atoms with van der Waals surface area (Å²) in [6.45, 7) is 0. The van der Waals surface area contributed by atoms with Gasteiger partial charge in [-0.15, -0.1) is 0 Å². The van der Waals surface area contributed by atoms with Crippen LogP contribution in [-0.2, 0) is 0 Å². The second kappa shape index (κ2) is 5.84. The number of nitrogens with one attached hydrogen (secondary N) is 1. The molecule has 20 heavy (non-hydrogen) atoms. The molecule has 0 heterocycles. The Morgan fingerprint density at radius 1 is 1.20 bits per heavy atom. The predicted molar refractivity (Wildman–Crippen MR) is 84.6 cm³/mol. The van der Waals surface area contributed by atoms with Gasteiger partial charge in [0.1, 0.15) is 0 Å². The second-order valence-electron chi connectivity index (χ2n) is 4.67. The normalized spacial score (nSPS) is 10.2. The Morgan fingerprint density at radius 3 is 2.60 bits per heavy atom. The molecule has 2 aromatic carbocycles. The van der Waals surface area contributed by atoms with Crippen molar-refractivity contribution < 1.29 is 4.79 Å². The van der Waals surface area contributed by atoms with Gasteiger partial charge in [0.25, 0.3) is 5.91 Å². The summed E-state index contributed by atoms with van der Waals surface area (Å²) in [4.78, 5) is 14.1. The van der Waals surface area contributed by atoms with Gasteiger partial charge >= 0.3 is 0 Å². The van der Waals surface area contributed by atoms with E-state index in [0.717, 1.165) is 11.4 Å². The highest BCUT2D eigenvalue weighted by atomic mass is 35.5. The van der Waals surface area contributed by atoms with Crippen molar-refractivity contribution >= 4 is 34.6 Å². The number of nitrogens with zero attached hydrogens (tertiary/aromatic N) is 1. The number of hydrogen-bond acceptors (Lipinski definition) is 3. The highest BCUT2D eigenvalue weighted by Crippen LogP contribution is 2.20. The molecule has 2 rings (SSSR count). The summed E-state index contributed by atoms with van der Waals surface area (Å²) in [6, 6.07) is 12.4. The summed E-state index contributed by atoms with van der Waals surface area (Å²) in [5.41, 5.74) is 8.31. The zero-order valence-corrected chi connectivity index (χ0v) is 12.1. The molecule has 0 atom stereocenters. The quantitative estimate of drug-likeness (QED) is 0.853. The van der Waals surface area contributed by atoms with Gasteiger partial charge in [-0.2, -0.15) is 0 Å². The van der Waals surface area contributed by atoms with Crippen molar-refractivity contribution in [1.82, 2.24) is 0 Å². The summed E-state index contributed by atoms with van der Waals surface area (Å²) in [5, 5.41) is 3.27. The van der Waals surface area contributed by atoms with E-state index in [1.807, 2.05) is 43.3 Å². The van der Waals surface area contributed by atoms with Crippen LogP contribution in [0.1, 0.15) is 10.4 Å². The molecule has 2 aromatic rings. The minimum Gasteiger partial charge on any atom is -0.399 e. The molecule has 0 spiro atoms. The van der Waals surface area contributed by atoms with E-state index in [9.17, 15) is 4.79 Å². The Morgan fingerprint density at radius 2 is 1.95 bits per heavy atom. The fourth-order valence-electron chi connectivity index (χ4n) is 1.81. The number of rotatable bonds is 3. The topological polar surface area (TPSA) is 58.4 Å². The van der Waals surface area contributed by atoms with Gasteiger partial charge in [0.2, 0.25) is 0 Å². The Balaban J connectivity index is 2.21. The van der Waals surface area contributed by atoms with E-state index in [2.05, 4.69) is 5.32 Å². The van der Waals surface area contributed by atoms with E-state index < -0.39 is 0 Å². The molecule has 3 N–H and O–H groups in total. The standard InChI is InChI=1S/C15H16ClN3O/c1-19(2)14-5-3-4-13(9-14)18-15(20)10-6-11(16)8-12(17)7-10/h3-9H,17H2,1-2H3,(H,18,20). The van der Waals surface area contributed by atoms with Gasteiger partial charge in [0, 0.05) is 41.7 Å². The van der Waals surface area contributed by atoms with E-state index in [-0.39, 0.29) is 5.91 Å². The summed E-state index contributed by atoms with van der Waals surface area (Å²) in [5.74, 6) is -0.241. The van der Waals surface area contributed by atoms with Gasteiger partial charge in [-0.05, 0) is 36.4 Å². The summed E-state index contributed by atoms with van der Waals surface area (Å²) in [6.07, 6.45) is 0. The lowest BCUT2D eigenvalue weighted by molar-refractivity contribution is 0.102. The molecule has 0 saturated carbocycles. The molecule has 0 bridgehead atoms. The number of nitrogen functional groups attached to an aromatic ring is 1. The third-order valence-corrected chi connectivity index (χ3v) is 3.02. The molecule has 0 aliphatic heterocycles. The molecular weight excluding hydrogens is 274 g/mol. The Bertz CT molecular complexity index is 621. The van der Waals surface area contributed by atoms with Crippen LogP contribution < -0.4 is 16.0 Å². The van der Waals surface area contributed by atoms with Crippen molar-refractivity contribution in [3.05, 3.63) is 53.1 Å². The second-order valence-corrected chi connectivity index (χ2v) is 5.11. The van der Waals surface area contributed by atoms with E-state index in [0.29, 0.717) is 16.3 Å². The van der Waals surface area contributed by atoms with Crippen molar-refractivity contribution in [2.75, 3.05) is 30.0 Å². The first kappa shape index (κ1) is 14.2. The number of hydrogen-bond donors (Lipinski definition) is 2. The van der Waals surface area contributed by atoms with Gasteiger partial charge in [-0.3, -0.25) is 4.79 Å². The zero-order valence-electron chi connectivity index (χ0n) is 11.4. The van der Waals surface area contributed by atoms with Crippen LogP contribution in [0.2, 0.25) is 5.02 Å². The SMILES string of the molecule is CN(C)c1cccc(NC(=O)c2cc(N)cc(Cl)c2)c1. The number of nitrogens with two attached hydrogens (primary N) is 1. The van der Waals surface area contributed by atoms with Gasteiger partial charge < -0.3 is 16.0 Å². The van der Waals surface area contributed by atoms with E-state index >= 15 is 0 Å². The molecule has 0 aliphatic carbocycles. The fraction of sp³-hybridized carbons (Fsp3) is 0.133. The highest BCUT2D eigenvalue weighted by molar-refractivity contribution is 6.31. The van der Waals surface area contributed by atoms with Crippen LogP contribution in [0.5, 0.6) is 0 Å². The monoisotopic (exact) mass is 289 g/mol. The summed E-state index contributed by atoms with van der Waals surface area (Å²) < 4.78 is 0. The van der Waals surface area contributed by atoms with Crippen LogP contribution in [0, 0.1) is 0 Å². The molecule has 4 nitrogen and oxygen atoms in total. The van der Waals surface area contributed by atoms with E-state index in [4.69, 9.17) is 17.3 Å². The number of amides is 1. The molecule has 104 valence electrons. The van der Waals surface area contributed by atoms with Crippen LogP contribution in [0.25, 0.3) is 0 Å². The average Bonchev–Trinajstić information content (AvgIpc) is 2.37. The maximum Gasteiger partial charge on any atom is 0.255 e. The van der Waals surface area contributed by atoms with Gasteiger partial charge in [0.05, 0.1) is 0 Å². The Kier molecular flexibility index (Phi) is 4.15. The Hall–Kier alpha value is -2.20. The molecule has 0 fully saturated rings. The molecule has 1 amide bonds. The number of benzene rings is 2. The predicted octanol–water partition coefficient (Wildman–Crippen LogP) is 3.24. The fourth-order valence-corrected chi connectivity index (χ4v) is 2.05. The van der Waals surface area contributed by atoms with Crippen LogP contribution in [0.3, 0.4) is 0 Å². The van der Waals surface area contributed by atoms with Crippen LogP contribution >= 0.6 is 11.6 Å². The highest BCUT2D eigenvalue weighted by Gasteiger charge is 2.08. The number of halogens is 1. The lowest BCUT2D eigenvalue weighted by atomic mass is 10.2. The first-order chi connectivity index (χ1) is 9.45. The Labute approximate surface area is 123 Å². The maximum atomic E-state index is 12.2. The van der Waals surface area contributed by atoms with Crippen molar-refractivity contribution in [3.63, 3.8) is 0 Å². The van der Waals surface area contributed by atoms with Crippen molar-refractivity contribution in [3.8, 4) is 0 Å². The molecule has 0 aliphatic rings. The molecule has 0 radical (unpaired) electrons. The molecule has 0 saturated heterocycles. The molecule has 0 unspecified atom stereocenters. The molecular formula is C15H16ClN3O. The van der Waals surface area contributed by atoms with Crippen molar-refractivity contribution in [2.24, 2.45) is 0 Å². The first-order valence-corrected chi connectivity index (χ1v) is 6.48. The lowest BCUT2D eigenvalue weighted by Gasteiger charge is -2.14. The minimum atomic E-state index is -0.241. The number of anilines is 3. The first-order valence-electron chi connectivity index (χ1n) is 6.10. The maximum absolute atomic E-state index is 12.2. The zero-order chi connectivity index (χ0) is 14.7. The smallest absolute Gasteiger partial charge is 0.255 e. The average molecular weight is 290 g/mol. The summed E-state index contributed by atoms with van der Waals surface area (Å²) in [7, 11) is 3.89. The van der Waals surface area contributed by atoms with Gasteiger partial charge in [-0.1, -0.05) is 17.7 Å². The van der Waals surface area contributed by atoms with Crippen molar-refractivity contribution in [2.45, 2.75) is 0 Å². The van der Waals surface area contributed by atoms with Gasteiger partial charge in [0.15, 0.2) is 0 Å². The van der Waals surface area contributed by atoms with Crippen LogP contribution in [0.15, 0.2) is 42.5 Å². The molecule has 5 heteroatoms. The summed E-state index contributed by atoms with van der Waals surface area (Å²) >= 11 is 5.90. The van der Waals surface area contributed by atoms with Crippen LogP contribution in [-0.4, -0.2) is 20.0 Å². The van der Waals surface area contributed by atoms with Crippen molar-refractivity contribution in [1.29, 1.82) is 0 Å². The number of carbonyl (C=O) groups is 1. The number of carbonyl (C=O) groups excluding carboxylic acids is 1. The van der Waals surface area contributed by atoms with Gasteiger partial charge in [-0.25, -0.2) is 0 Å². The largest absolute Gasteiger partial charge is 0.399 e. The van der Waals surface area contributed by atoms with E-state index in [1.54, 1.807) is 18.2 Å². The third-order valence-electron chi connectivity index (χ3n) is 2.80. The third kappa shape index (κ3) is 3.42. The minimum absolute atomic E-state index is 0.241.